The number of nitrogens with one attached hydrogen (secondary N) is 3. The lowest BCUT2D eigenvalue weighted by molar-refractivity contribution is -0.131. The van der Waals surface area contributed by atoms with Gasteiger partial charge in [0.15, 0.2) is 0 Å². The number of hydrogen-bond acceptors (Lipinski definition) is 12. The molecule has 592 valence electrons. The van der Waals surface area contributed by atoms with Gasteiger partial charge in [0.05, 0.1) is 6.54 Å². The molecule has 0 bridgehead atoms. The number of piperazine rings is 1. The minimum absolute atomic E-state index is 0. The summed E-state index contributed by atoms with van der Waals surface area (Å²) >= 11 is 0. The molecule has 3 N–H and O–H groups in total. The van der Waals surface area contributed by atoms with Crippen molar-refractivity contribution < 1.29 is 24.0 Å². The van der Waals surface area contributed by atoms with Crippen molar-refractivity contribution in [3.63, 3.8) is 0 Å². The van der Waals surface area contributed by atoms with Crippen LogP contribution in [0, 0.1) is 52.2 Å². The van der Waals surface area contributed by atoms with Crippen molar-refractivity contribution in [2.24, 2.45) is 41.4 Å². The van der Waals surface area contributed by atoms with Crippen LogP contribution < -0.4 is 5.32 Å². The van der Waals surface area contributed by atoms with Crippen LogP contribution in [0.15, 0.2) is 0 Å². The van der Waals surface area contributed by atoms with Gasteiger partial charge in [0, 0.05) is 107 Å². The predicted octanol–water partition coefficient (Wildman–Crippen LogP) is 21.9. The molecule has 2 amide bonds. The number of rotatable bonds is 18. The first-order chi connectivity index (χ1) is 41.0. The monoisotopic (exact) mass is 1380 g/mol. The molecule has 3 heterocycles. The molecule has 0 spiro atoms. The van der Waals surface area contributed by atoms with E-state index in [0.717, 1.165) is 87.2 Å². The summed E-state index contributed by atoms with van der Waals surface area (Å²) in [5, 5.41) is 16.7. The summed E-state index contributed by atoms with van der Waals surface area (Å²) in [4.78, 5) is 66.5. The Morgan fingerprint density at radius 2 is 0.635 bits per heavy atom. The molecular weight excluding hydrogens is 1190 g/mol. The maximum absolute atomic E-state index is 11.0. The zero-order valence-corrected chi connectivity index (χ0v) is 67.5. The fourth-order valence-electron chi connectivity index (χ4n) is 8.10. The third-order valence-electron chi connectivity index (χ3n) is 12.5. The number of nitrogens with zero attached hydrogens (tertiary/aromatic N) is 6. The molecule has 14 nitrogen and oxygen atoms in total. The van der Waals surface area contributed by atoms with Crippen LogP contribution in [0.3, 0.4) is 0 Å². The van der Waals surface area contributed by atoms with E-state index >= 15 is 0 Å². The molecule has 3 rings (SSSR count). The number of piperidine rings is 2. The van der Waals surface area contributed by atoms with Gasteiger partial charge in [0.1, 0.15) is 17.3 Å². The van der Waals surface area contributed by atoms with Gasteiger partial charge < -0.3 is 45.4 Å². The van der Waals surface area contributed by atoms with E-state index in [9.17, 15) is 24.0 Å². The maximum atomic E-state index is 11.0. The molecular formula is C82H189N9O5. The van der Waals surface area contributed by atoms with Crippen LogP contribution in [-0.4, -0.2) is 187 Å². The van der Waals surface area contributed by atoms with E-state index in [-0.39, 0.29) is 68.2 Å². The molecule has 3 aliphatic rings. The average Bonchev–Trinajstić information content (AvgIpc) is 3.36. The van der Waals surface area contributed by atoms with Gasteiger partial charge >= 0.3 is 0 Å². The van der Waals surface area contributed by atoms with Gasteiger partial charge in [-0.25, -0.2) is 0 Å². The second-order valence-electron chi connectivity index (χ2n) is 30.3. The molecule has 0 aromatic heterocycles. The van der Waals surface area contributed by atoms with Crippen LogP contribution in [0.1, 0.15) is 343 Å². The summed E-state index contributed by atoms with van der Waals surface area (Å²) in [6.07, 6.45) is 13.3. The number of likely N-dealkylation sites (N-methyl/N-ethyl adjacent to an activating group) is 1. The topological polar surface area (TPSA) is 165 Å². The lowest BCUT2D eigenvalue weighted by Crippen LogP contribution is -2.50. The van der Waals surface area contributed by atoms with Crippen molar-refractivity contribution in [1.29, 1.82) is 10.8 Å². The van der Waals surface area contributed by atoms with Gasteiger partial charge in [0.2, 0.25) is 11.8 Å². The number of carbonyl (C=O) groups is 5. The number of likely N-dealkylation sites (tertiary alicyclic amines) is 2. The molecule has 3 fully saturated rings. The van der Waals surface area contributed by atoms with Gasteiger partial charge in [-0.05, 0) is 224 Å². The van der Waals surface area contributed by atoms with Gasteiger partial charge in [0.25, 0.3) is 0 Å². The van der Waals surface area contributed by atoms with Crippen molar-refractivity contribution in [3.8, 4) is 0 Å². The molecule has 14 heteroatoms. The Hall–Kier alpha value is -2.91. The minimum atomic E-state index is 0. The normalized spacial score (nSPS) is 13.0. The Bertz CT molecular complexity index is 1490. The summed E-state index contributed by atoms with van der Waals surface area (Å²) < 4.78 is 0. The first-order valence-corrected chi connectivity index (χ1v) is 35.7. The molecule has 96 heavy (non-hydrogen) atoms. The van der Waals surface area contributed by atoms with Gasteiger partial charge in [-0.3, -0.25) is 24.1 Å². The van der Waals surface area contributed by atoms with Crippen molar-refractivity contribution in [3.05, 3.63) is 0 Å². The fraction of sp³-hybridized carbons (Fsp3) is 0.915. The number of ketones is 3. The number of amides is 2. The quantitative estimate of drug-likeness (QED) is 0.113. The predicted molar refractivity (Wildman–Crippen MR) is 443 cm³/mol. The van der Waals surface area contributed by atoms with E-state index in [1.165, 1.54) is 71.6 Å². The Kier molecular flexibility index (Phi) is 116. The van der Waals surface area contributed by atoms with Gasteiger partial charge in [-0.1, -0.05) is 175 Å². The molecule has 0 aromatic carbocycles. The lowest BCUT2D eigenvalue weighted by Gasteiger charge is -2.36. The Morgan fingerprint density at radius 3 is 0.750 bits per heavy atom. The van der Waals surface area contributed by atoms with Crippen LogP contribution in [-0.2, 0) is 24.0 Å². The first kappa shape index (κ1) is 129. The summed E-state index contributed by atoms with van der Waals surface area (Å²) in [6, 6.07) is 3.11. The standard InChI is InChI=1S/C9H18N2O.C8H17NO.2C8H17N.C7H14O.2C6H13N.C6H12O.C5H11NO.C5H13N.2C4H10.6CH4/c1-8(2)10-4-6-11(7-5-10)9(3)12;1-7(2)5-8(10)6-9(3)4;2*1-8(2)9-6-4-3-5-7-9;1-4-7(8)5-6(2)3;3*1-5(2)4-6(3)7;1-4(2)6-5(3)7;1-5(2)6(3)4;2*1-4(2)3;;;;;;/h8H,4-7H2,1-3H3;7H,5-6H2,1-4H3;2*8H,3-7H2,1-2H3;6H,4-5H2,1-3H3;2*5,7H,4H2,1-3H3;5H,4H2,1-3H3;4H,1-3H3,(H,6,7);5H,1-4H3;2*4H,1-3H3;6*1H4. The van der Waals surface area contributed by atoms with Crippen LogP contribution in [0.25, 0.3) is 0 Å². The third kappa shape index (κ3) is 138. The molecule has 0 radical (unpaired) electrons. The fourth-order valence-corrected chi connectivity index (χ4v) is 8.10. The highest BCUT2D eigenvalue weighted by Gasteiger charge is 2.20. The second-order valence-corrected chi connectivity index (χ2v) is 30.3. The maximum Gasteiger partial charge on any atom is 0.219 e. The highest BCUT2D eigenvalue weighted by atomic mass is 16.2. The molecule has 0 unspecified atom stereocenters. The van der Waals surface area contributed by atoms with Gasteiger partial charge in [-0.15, -0.1) is 0 Å². The summed E-state index contributed by atoms with van der Waals surface area (Å²) in [5.41, 5.74) is 1.57. The molecule has 0 atom stereocenters. The van der Waals surface area contributed by atoms with Crippen LogP contribution >= 0.6 is 0 Å². The summed E-state index contributed by atoms with van der Waals surface area (Å²) in [6.45, 7) is 75.7. The van der Waals surface area contributed by atoms with Crippen molar-refractivity contribution >= 4 is 40.6 Å². The number of hydrogen-bond donors (Lipinski definition) is 3. The zero-order chi connectivity index (χ0) is 73.0. The highest BCUT2D eigenvalue weighted by molar-refractivity contribution is 5.80. The Morgan fingerprint density at radius 1 is 0.385 bits per heavy atom. The van der Waals surface area contributed by atoms with Crippen molar-refractivity contribution in [1.82, 2.24) is 34.7 Å². The van der Waals surface area contributed by atoms with Crippen molar-refractivity contribution in [2.75, 3.05) is 87.1 Å². The third-order valence-corrected chi connectivity index (χ3v) is 12.5. The summed E-state index contributed by atoms with van der Waals surface area (Å²) in [5.74, 6) is 5.76. The van der Waals surface area contributed by atoms with Crippen molar-refractivity contribution in [2.45, 2.75) is 373 Å². The average molecular weight is 1380 g/mol. The smallest absolute Gasteiger partial charge is 0.219 e. The van der Waals surface area contributed by atoms with Crippen LogP contribution in [0.4, 0.5) is 0 Å². The van der Waals surface area contributed by atoms with E-state index in [0.29, 0.717) is 72.6 Å². The van der Waals surface area contributed by atoms with E-state index in [2.05, 4.69) is 191 Å². The van der Waals surface area contributed by atoms with Crippen LogP contribution in [0.2, 0.25) is 0 Å². The molecule has 0 aliphatic carbocycles. The van der Waals surface area contributed by atoms with E-state index in [1.807, 2.05) is 72.4 Å². The minimum Gasteiger partial charge on any atom is -0.354 e. The number of carbonyl (C=O) groups excluding carboxylic acids is 5. The Labute approximate surface area is 609 Å². The SMILES string of the molecule is C.C.C.C.C.C.CC(=N)CC(C)C.CC(=N)CC(C)C.CC(=O)CC(C)C.CC(=O)N1CCN(C(C)C)CC1.CC(=O)NC(C)C.CC(C)C.CC(C)C.CC(C)CC(=O)CN(C)C.CC(C)N(C)C.CC(C)N1CCCCC1.CC(C)N1CCCCC1.CCC(=O)CC(C)C. The number of Topliss-reactive ketones (excluding diaryl/α,β-unsaturated/α-hetero) is 3. The molecule has 3 saturated heterocycles. The van der Waals surface area contributed by atoms with E-state index in [1.54, 1.807) is 13.8 Å². The zero-order valence-electron chi connectivity index (χ0n) is 67.5. The van der Waals surface area contributed by atoms with Gasteiger partial charge in [-0.2, -0.15) is 0 Å². The lowest BCUT2D eigenvalue weighted by atomic mass is 10.1. The largest absolute Gasteiger partial charge is 0.354 e. The van der Waals surface area contributed by atoms with E-state index < -0.39 is 0 Å². The molecule has 3 aliphatic heterocycles. The second kappa shape index (κ2) is 86.3. The molecule has 0 aromatic rings. The summed E-state index contributed by atoms with van der Waals surface area (Å²) in [7, 11) is 7.98. The van der Waals surface area contributed by atoms with Crippen LogP contribution in [0.5, 0.6) is 0 Å². The van der Waals surface area contributed by atoms with E-state index in [4.69, 9.17) is 10.8 Å². The Balaban J connectivity index is -0.0000000576. The molecule has 0 saturated carbocycles. The first-order valence-electron chi connectivity index (χ1n) is 35.7. The highest BCUT2D eigenvalue weighted by Crippen LogP contribution is 2.12.